The summed E-state index contributed by atoms with van der Waals surface area (Å²) in [5.74, 6) is -0.327. The summed E-state index contributed by atoms with van der Waals surface area (Å²) in [5, 5.41) is 4.11. The highest BCUT2D eigenvalue weighted by atomic mass is 35.5. The molecule has 19 heavy (non-hydrogen) atoms. The molecule has 1 aromatic heterocycles. The van der Waals surface area contributed by atoms with Crippen LogP contribution >= 0.6 is 11.6 Å². The van der Waals surface area contributed by atoms with Crippen LogP contribution in [0.25, 0.3) is 0 Å². The van der Waals surface area contributed by atoms with E-state index in [2.05, 4.69) is 9.82 Å². The number of hydrogen-bond donors (Lipinski definition) is 1. The minimum atomic E-state index is -3.45. The molecule has 0 aliphatic carbocycles. The summed E-state index contributed by atoms with van der Waals surface area (Å²) in [6, 6.07) is 6.26. The highest BCUT2D eigenvalue weighted by Gasteiger charge is 2.12. The van der Waals surface area contributed by atoms with Crippen LogP contribution in [0.1, 0.15) is 5.56 Å². The molecule has 0 aliphatic rings. The van der Waals surface area contributed by atoms with Crippen molar-refractivity contribution in [1.29, 1.82) is 0 Å². The maximum atomic E-state index is 13.5. The fourth-order valence-electron chi connectivity index (χ4n) is 1.52. The lowest BCUT2D eigenvalue weighted by molar-refractivity contribution is 0.585. The van der Waals surface area contributed by atoms with E-state index in [0.717, 1.165) is 6.26 Å². The maximum Gasteiger partial charge on any atom is 0.231 e. The monoisotopic (exact) mass is 303 g/mol. The van der Waals surface area contributed by atoms with Crippen molar-refractivity contribution in [1.82, 2.24) is 9.78 Å². The smallest absolute Gasteiger partial charge is 0.231 e. The van der Waals surface area contributed by atoms with Gasteiger partial charge in [-0.15, -0.1) is 0 Å². The molecule has 8 heteroatoms. The number of benzene rings is 1. The lowest BCUT2D eigenvalue weighted by Gasteiger charge is -2.03. The molecular weight excluding hydrogens is 293 g/mol. The number of rotatable bonds is 4. The Hall–Kier alpha value is -1.60. The molecule has 0 fully saturated rings. The van der Waals surface area contributed by atoms with E-state index in [9.17, 15) is 12.8 Å². The number of nitrogens with zero attached hydrogens (tertiary/aromatic N) is 2. The van der Waals surface area contributed by atoms with Crippen LogP contribution in [0.3, 0.4) is 0 Å². The summed E-state index contributed by atoms with van der Waals surface area (Å²) in [6.07, 6.45) is 2.43. The zero-order valence-electron chi connectivity index (χ0n) is 9.97. The summed E-state index contributed by atoms with van der Waals surface area (Å²) in [6.45, 7) is 0.165. The zero-order chi connectivity index (χ0) is 14.0. The van der Waals surface area contributed by atoms with Crippen molar-refractivity contribution < 1.29 is 12.8 Å². The summed E-state index contributed by atoms with van der Waals surface area (Å²) in [4.78, 5) is 0. The van der Waals surface area contributed by atoms with E-state index in [0.29, 0.717) is 5.56 Å². The number of aromatic nitrogens is 2. The molecule has 2 aromatic rings. The first-order valence-electron chi connectivity index (χ1n) is 5.29. The molecule has 0 radical (unpaired) electrons. The molecule has 2 rings (SSSR count). The van der Waals surface area contributed by atoms with Gasteiger partial charge in [-0.3, -0.25) is 9.40 Å². The summed E-state index contributed by atoms with van der Waals surface area (Å²) >= 11 is 5.85. The van der Waals surface area contributed by atoms with Crippen LogP contribution in [0.2, 0.25) is 5.02 Å². The second-order valence-electron chi connectivity index (χ2n) is 3.99. The Morgan fingerprint density at radius 3 is 2.74 bits per heavy atom. The molecule has 102 valence electrons. The average Bonchev–Trinajstić information content (AvgIpc) is 2.60. The van der Waals surface area contributed by atoms with Crippen LogP contribution in [0.5, 0.6) is 0 Å². The fourth-order valence-corrected chi connectivity index (χ4v) is 2.28. The van der Waals surface area contributed by atoms with E-state index in [1.54, 1.807) is 18.2 Å². The molecule has 1 N–H and O–H groups in total. The van der Waals surface area contributed by atoms with Gasteiger partial charge in [-0.05, 0) is 6.07 Å². The Labute approximate surface area is 115 Å². The minimum absolute atomic E-state index is 0.0282. The Balaban J connectivity index is 2.24. The molecule has 5 nitrogen and oxygen atoms in total. The second-order valence-corrected chi connectivity index (χ2v) is 6.14. The van der Waals surface area contributed by atoms with Crippen LogP contribution in [-0.2, 0) is 16.6 Å². The van der Waals surface area contributed by atoms with E-state index in [-0.39, 0.29) is 23.2 Å². The Bertz CT molecular complexity index is 700. The van der Waals surface area contributed by atoms with Crippen molar-refractivity contribution in [3.05, 3.63) is 46.9 Å². The van der Waals surface area contributed by atoms with Gasteiger partial charge >= 0.3 is 0 Å². The molecular formula is C11H11ClFN3O2S. The number of sulfonamides is 1. The summed E-state index contributed by atoms with van der Waals surface area (Å²) < 4.78 is 39.2. The van der Waals surface area contributed by atoms with E-state index < -0.39 is 10.0 Å². The van der Waals surface area contributed by atoms with Gasteiger partial charge in [-0.2, -0.15) is 5.10 Å². The number of halogens is 2. The molecule has 0 atom stereocenters. The third-order valence-corrected chi connectivity index (χ3v) is 3.13. The normalized spacial score (nSPS) is 11.5. The van der Waals surface area contributed by atoms with E-state index in [1.165, 1.54) is 16.9 Å². The zero-order valence-corrected chi connectivity index (χ0v) is 11.5. The van der Waals surface area contributed by atoms with E-state index >= 15 is 0 Å². The maximum absolute atomic E-state index is 13.5. The predicted molar refractivity (Wildman–Crippen MR) is 71.2 cm³/mol. The lowest BCUT2D eigenvalue weighted by atomic mass is 10.2. The van der Waals surface area contributed by atoms with Crippen molar-refractivity contribution in [3.8, 4) is 0 Å². The summed E-state index contributed by atoms with van der Waals surface area (Å²) in [5.41, 5.74) is 0.438. The van der Waals surface area contributed by atoms with Gasteiger partial charge in [0, 0.05) is 11.8 Å². The summed E-state index contributed by atoms with van der Waals surface area (Å²) in [7, 11) is -3.45. The number of nitrogens with one attached hydrogen (secondary N) is 1. The first-order chi connectivity index (χ1) is 8.85. The Kier molecular flexibility index (Phi) is 3.77. The van der Waals surface area contributed by atoms with Crippen molar-refractivity contribution in [2.24, 2.45) is 0 Å². The highest BCUT2D eigenvalue weighted by Crippen LogP contribution is 2.21. The van der Waals surface area contributed by atoms with E-state index in [1.807, 2.05) is 0 Å². The van der Waals surface area contributed by atoms with E-state index in [4.69, 9.17) is 11.6 Å². The fraction of sp³-hybridized carbons (Fsp3) is 0.182. The van der Waals surface area contributed by atoms with Crippen LogP contribution in [0.15, 0.2) is 30.5 Å². The molecule has 0 unspecified atom stereocenters. The third kappa shape index (κ3) is 3.68. The van der Waals surface area contributed by atoms with Gasteiger partial charge in [0.1, 0.15) is 10.8 Å². The largest absolute Gasteiger partial charge is 0.265 e. The van der Waals surface area contributed by atoms with Gasteiger partial charge in [0.25, 0.3) is 0 Å². The standard InChI is InChI=1S/C11H11ClFN3O2S/c1-19(17,18)15-11-9(12)7-16(14-11)6-8-4-2-3-5-10(8)13/h2-5,7H,6H2,1H3,(H,14,15). The molecule has 0 bridgehead atoms. The molecule has 0 saturated carbocycles. The van der Waals surface area contributed by atoms with Crippen molar-refractivity contribution in [2.45, 2.75) is 6.54 Å². The SMILES string of the molecule is CS(=O)(=O)Nc1nn(Cc2ccccc2F)cc1Cl. The molecule has 0 saturated heterocycles. The van der Waals surface area contributed by atoms with Crippen molar-refractivity contribution in [3.63, 3.8) is 0 Å². The van der Waals surface area contributed by atoms with Gasteiger partial charge in [-0.1, -0.05) is 29.8 Å². The Morgan fingerprint density at radius 2 is 2.11 bits per heavy atom. The van der Waals surface area contributed by atoms with Gasteiger partial charge in [0.05, 0.1) is 12.8 Å². The average molecular weight is 304 g/mol. The number of anilines is 1. The molecule has 1 aromatic carbocycles. The van der Waals surface area contributed by atoms with Gasteiger partial charge in [-0.25, -0.2) is 12.8 Å². The predicted octanol–water partition coefficient (Wildman–Crippen LogP) is 2.10. The van der Waals surface area contributed by atoms with Crippen LogP contribution < -0.4 is 4.72 Å². The molecule has 0 spiro atoms. The Morgan fingerprint density at radius 1 is 1.42 bits per heavy atom. The third-order valence-electron chi connectivity index (χ3n) is 2.29. The quantitative estimate of drug-likeness (QED) is 0.940. The minimum Gasteiger partial charge on any atom is -0.265 e. The van der Waals surface area contributed by atoms with Gasteiger partial charge in [0.15, 0.2) is 5.82 Å². The topological polar surface area (TPSA) is 64.0 Å². The molecule has 0 amide bonds. The molecule has 0 aliphatic heterocycles. The lowest BCUT2D eigenvalue weighted by Crippen LogP contribution is -2.11. The molecule has 1 heterocycles. The van der Waals surface area contributed by atoms with Crippen molar-refractivity contribution in [2.75, 3.05) is 11.0 Å². The van der Waals surface area contributed by atoms with Crippen LogP contribution in [0, 0.1) is 5.82 Å². The first kappa shape index (κ1) is 13.8. The van der Waals surface area contributed by atoms with Crippen molar-refractivity contribution >= 4 is 27.4 Å². The van der Waals surface area contributed by atoms with Gasteiger partial charge in [0.2, 0.25) is 10.0 Å². The highest BCUT2D eigenvalue weighted by molar-refractivity contribution is 7.92. The van der Waals surface area contributed by atoms with Crippen LogP contribution in [0.4, 0.5) is 10.2 Å². The van der Waals surface area contributed by atoms with Gasteiger partial charge < -0.3 is 0 Å². The first-order valence-corrected chi connectivity index (χ1v) is 7.56. The number of hydrogen-bond acceptors (Lipinski definition) is 3. The second kappa shape index (κ2) is 5.18. The van der Waals surface area contributed by atoms with Crippen LogP contribution in [-0.4, -0.2) is 24.5 Å².